The van der Waals surface area contributed by atoms with Gasteiger partial charge in [0.25, 0.3) is 11.1 Å². The normalized spacial score (nSPS) is 18.4. The molecule has 1 aromatic carbocycles. The van der Waals surface area contributed by atoms with Gasteiger partial charge in [-0.05, 0) is 49.4 Å². The molecule has 1 saturated heterocycles. The second-order valence-corrected chi connectivity index (χ2v) is 6.43. The summed E-state index contributed by atoms with van der Waals surface area (Å²) in [6, 6.07) is 2.38. The highest BCUT2D eigenvalue weighted by Crippen LogP contribution is 2.43. The van der Waals surface area contributed by atoms with Crippen molar-refractivity contribution in [1.29, 1.82) is 0 Å². The van der Waals surface area contributed by atoms with Crippen LogP contribution in [0.25, 0.3) is 6.08 Å². The Morgan fingerprint density at radius 1 is 1.38 bits per heavy atom. The number of esters is 1. The van der Waals surface area contributed by atoms with Gasteiger partial charge >= 0.3 is 5.97 Å². The third-order valence-electron chi connectivity index (χ3n) is 3.82. The minimum atomic E-state index is -0.986. The Morgan fingerprint density at radius 3 is 2.85 bits per heavy atom. The summed E-state index contributed by atoms with van der Waals surface area (Å²) in [6.45, 7) is 3.38. The highest BCUT2D eigenvalue weighted by Gasteiger charge is 2.41. The zero-order valence-electron chi connectivity index (χ0n) is 14.4. The number of imide groups is 1. The smallest absolute Gasteiger partial charge is 0.329 e. The van der Waals surface area contributed by atoms with Gasteiger partial charge in [0.2, 0.25) is 12.5 Å². The van der Waals surface area contributed by atoms with E-state index in [0.717, 1.165) is 16.7 Å². The van der Waals surface area contributed by atoms with Gasteiger partial charge in [-0.3, -0.25) is 14.5 Å². The van der Waals surface area contributed by atoms with Crippen LogP contribution in [-0.2, 0) is 14.3 Å². The van der Waals surface area contributed by atoms with Gasteiger partial charge in [-0.2, -0.15) is 0 Å². The largest absolute Gasteiger partial charge is 0.493 e. The van der Waals surface area contributed by atoms with Gasteiger partial charge in [-0.15, -0.1) is 0 Å². The molecule has 8 nitrogen and oxygen atoms in total. The maximum atomic E-state index is 12.6. The van der Waals surface area contributed by atoms with E-state index in [1.165, 1.54) is 14.0 Å². The molecule has 0 spiro atoms. The van der Waals surface area contributed by atoms with E-state index in [1.54, 1.807) is 25.1 Å². The number of benzene rings is 1. The van der Waals surface area contributed by atoms with Crippen molar-refractivity contribution in [1.82, 2.24) is 4.90 Å². The van der Waals surface area contributed by atoms with Crippen LogP contribution in [0.4, 0.5) is 4.79 Å². The molecule has 0 aromatic heterocycles. The molecule has 0 saturated carbocycles. The molecule has 138 valence electrons. The number of carbonyl (C=O) groups excluding carboxylic acids is 3. The monoisotopic (exact) mass is 379 g/mol. The fraction of sp³-hybridized carbons (Fsp3) is 0.353. The lowest BCUT2D eigenvalue weighted by Crippen LogP contribution is -2.42. The molecule has 0 aliphatic carbocycles. The predicted molar refractivity (Wildman–Crippen MR) is 93.0 cm³/mol. The number of methoxy groups -OCH3 is 1. The molecule has 3 rings (SSSR count). The third-order valence-corrected chi connectivity index (χ3v) is 4.70. The Bertz CT molecular complexity index is 805. The molecule has 9 heteroatoms. The van der Waals surface area contributed by atoms with E-state index in [-0.39, 0.29) is 18.3 Å². The van der Waals surface area contributed by atoms with E-state index < -0.39 is 23.2 Å². The Balaban J connectivity index is 1.88. The van der Waals surface area contributed by atoms with Crippen molar-refractivity contribution in [3.05, 3.63) is 22.6 Å². The average molecular weight is 379 g/mol. The zero-order valence-corrected chi connectivity index (χ0v) is 15.3. The average Bonchev–Trinajstić information content (AvgIpc) is 3.18. The van der Waals surface area contributed by atoms with Crippen molar-refractivity contribution in [3.63, 3.8) is 0 Å². The molecule has 2 aliphatic rings. The topological polar surface area (TPSA) is 91.4 Å². The lowest BCUT2D eigenvalue weighted by molar-refractivity contribution is -0.150. The first kappa shape index (κ1) is 18.1. The summed E-state index contributed by atoms with van der Waals surface area (Å²) in [5.74, 6) is 0.284. The number of thioether (sulfide) groups is 1. The second kappa shape index (κ2) is 7.28. The van der Waals surface area contributed by atoms with Gasteiger partial charge in [-0.1, -0.05) is 0 Å². The number of amides is 2. The highest BCUT2D eigenvalue weighted by molar-refractivity contribution is 8.18. The van der Waals surface area contributed by atoms with Gasteiger partial charge in [0.05, 0.1) is 18.6 Å². The molecule has 26 heavy (non-hydrogen) atoms. The summed E-state index contributed by atoms with van der Waals surface area (Å²) < 4.78 is 20.8. The van der Waals surface area contributed by atoms with E-state index in [1.807, 2.05) is 0 Å². The van der Waals surface area contributed by atoms with Crippen molar-refractivity contribution in [3.8, 4) is 17.2 Å². The number of hydrogen-bond donors (Lipinski definition) is 0. The molecular formula is C17H17NO7S. The third kappa shape index (κ3) is 3.22. The van der Waals surface area contributed by atoms with Crippen molar-refractivity contribution in [2.75, 3.05) is 20.5 Å². The van der Waals surface area contributed by atoms with E-state index in [0.29, 0.717) is 22.8 Å². The molecule has 0 N–H and O–H groups in total. The van der Waals surface area contributed by atoms with Crippen LogP contribution in [0.1, 0.15) is 19.4 Å². The summed E-state index contributed by atoms with van der Waals surface area (Å²) in [7, 11) is 1.50. The Labute approximate surface area is 154 Å². The lowest BCUT2D eigenvalue weighted by atomic mass is 10.1. The number of hydrogen-bond acceptors (Lipinski definition) is 8. The maximum Gasteiger partial charge on any atom is 0.329 e. The van der Waals surface area contributed by atoms with Crippen LogP contribution in [-0.4, -0.2) is 48.6 Å². The van der Waals surface area contributed by atoms with Gasteiger partial charge in [0.15, 0.2) is 11.5 Å². The van der Waals surface area contributed by atoms with Crippen LogP contribution in [0.2, 0.25) is 0 Å². The van der Waals surface area contributed by atoms with Crippen molar-refractivity contribution in [2.45, 2.75) is 19.9 Å². The first-order chi connectivity index (χ1) is 12.5. The molecule has 1 atom stereocenters. The van der Waals surface area contributed by atoms with E-state index in [4.69, 9.17) is 18.9 Å². The Kier molecular flexibility index (Phi) is 5.08. The maximum absolute atomic E-state index is 12.6. The minimum Gasteiger partial charge on any atom is -0.493 e. The standard InChI is InChI=1S/C17H17NO7S/c1-4-23-16(20)9(2)18-15(19)13(26-17(18)21)7-10-5-11(22-3)14-12(6-10)24-8-25-14/h5-7,9H,4,8H2,1-3H3/b13-7+/t9-/m1/s1. The van der Waals surface area contributed by atoms with Gasteiger partial charge < -0.3 is 18.9 Å². The summed E-state index contributed by atoms with van der Waals surface area (Å²) in [5.41, 5.74) is 0.611. The number of rotatable bonds is 5. The van der Waals surface area contributed by atoms with Crippen molar-refractivity contribution in [2.24, 2.45) is 0 Å². The van der Waals surface area contributed by atoms with Crippen LogP contribution in [0.3, 0.4) is 0 Å². The molecular weight excluding hydrogens is 362 g/mol. The fourth-order valence-corrected chi connectivity index (χ4v) is 3.47. The molecule has 0 bridgehead atoms. The minimum absolute atomic E-state index is 0.0860. The first-order valence-electron chi connectivity index (χ1n) is 7.87. The van der Waals surface area contributed by atoms with Crippen LogP contribution < -0.4 is 14.2 Å². The van der Waals surface area contributed by atoms with Crippen LogP contribution in [0.15, 0.2) is 17.0 Å². The fourth-order valence-electron chi connectivity index (χ4n) is 2.57. The molecule has 2 aliphatic heterocycles. The first-order valence-corrected chi connectivity index (χ1v) is 8.69. The van der Waals surface area contributed by atoms with Crippen molar-refractivity contribution < 1.29 is 33.3 Å². The lowest BCUT2D eigenvalue weighted by Gasteiger charge is -2.19. The van der Waals surface area contributed by atoms with Crippen LogP contribution in [0.5, 0.6) is 17.2 Å². The molecule has 2 amide bonds. The summed E-state index contributed by atoms with van der Waals surface area (Å²) in [4.78, 5) is 37.7. The highest BCUT2D eigenvalue weighted by atomic mass is 32.2. The number of carbonyl (C=O) groups is 3. The molecule has 0 radical (unpaired) electrons. The molecule has 1 aromatic rings. The predicted octanol–water partition coefficient (Wildman–Crippen LogP) is 2.41. The quantitative estimate of drug-likeness (QED) is 0.569. The van der Waals surface area contributed by atoms with Crippen molar-refractivity contribution >= 4 is 35.0 Å². The van der Waals surface area contributed by atoms with E-state index >= 15 is 0 Å². The van der Waals surface area contributed by atoms with Gasteiger partial charge in [0.1, 0.15) is 6.04 Å². The van der Waals surface area contributed by atoms with Crippen LogP contribution >= 0.6 is 11.8 Å². The molecule has 0 unspecified atom stereocenters. The SMILES string of the molecule is CCOC(=O)[C@@H](C)N1C(=O)S/C(=C/c2cc(OC)c3c(c2)OCO3)C1=O. The molecule has 2 heterocycles. The van der Waals surface area contributed by atoms with Crippen LogP contribution in [0, 0.1) is 0 Å². The number of ether oxygens (including phenoxy) is 4. The summed E-state index contributed by atoms with van der Waals surface area (Å²) in [6.07, 6.45) is 1.55. The Hall–Kier alpha value is -2.68. The Morgan fingerprint density at radius 2 is 2.15 bits per heavy atom. The number of nitrogens with zero attached hydrogens (tertiary/aromatic N) is 1. The second-order valence-electron chi connectivity index (χ2n) is 5.44. The number of fused-ring (bicyclic) bond motifs is 1. The summed E-state index contributed by atoms with van der Waals surface area (Å²) >= 11 is 0.765. The summed E-state index contributed by atoms with van der Waals surface area (Å²) in [5, 5.41) is -0.519. The van der Waals surface area contributed by atoms with E-state index in [2.05, 4.69) is 0 Å². The van der Waals surface area contributed by atoms with Gasteiger partial charge in [0, 0.05) is 0 Å². The van der Waals surface area contributed by atoms with Gasteiger partial charge in [-0.25, -0.2) is 4.79 Å². The zero-order chi connectivity index (χ0) is 18.8. The molecule has 1 fully saturated rings. The van der Waals surface area contributed by atoms with E-state index in [9.17, 15) is 14.4 Å².